The Kier molecular flexibility index (Phi) is 14.1. The number of ether oxygens (including phenoxy) is 4. The van der Waals surface area contributed by atoms with Crippen LogP contribution in [0.3, 0.4) is 0 Å². The first-order valence-corrected chi connectivity index (χ1v) is 10.9. The van der Waals surface area contributed by atoms with Crippen LogP contribution in [0.15, 0.2) is 29.3 Å². The lowest BCUT2D eigenvalue weighted by molar-refractivity contribution is 0.0180. The van der Waals surface area contributed by atoms with E-state index in [2.05, 4.69) is 28.1 Å². The van der Waals surface area contributed by atoms with E-state index in [0.717, 1.165) is 58.0 Å². The van der Waals surface area contributed by atoms with Crippen LogP contribution >= 0.6 is 0 Å². The highest BCUT2D eigenvalue weighted by atomic mass is 16.6. The van der Waals surface area contributed by atoms with Gasteiger partial charge >= 0.3 is 0 Å². The van der Waals surface area contributed by atoms with Crippen molar-refractivity contribution >= 4 is 5.71 Å². The number of rotatable bonds is 12. The maximum absolute atomic E-state index is 5.75. The molecule has 8 heteroatoms. The zero-order chi connectivity index (χ0) is 21.1. The fourth-order valence-electron chi connectivity index (χ4n) is 2.93. The average molecular weight is 423 g/mol. The Morgan fingerprint density at radius 1 is 0.767 bits per heavy atom. The predicted molar refractivity (Wildman–Crippen MR) is 120 cm³/mol. The van der Waals surface area contributed by atoms with Crippen LogP contribution in [-0.2, 0) is 20.6 Å². The van der Waals surface area contributed by atoms with Crippen molar-refractivity contribution in [3.8, 4) is 5.75 Å². The van der Waals surface area contributed by atoms with Crippen molar-refractivity contribution in [1.82, 2.24) is 16.0 Å². The summed E-state index contributed by atoms with van der Waals surface area (Å²) in [6, 6.07) is 8.24. The molecule has 0 spiro atoms. The van der Waals surface area contributed by atoms with Gasteiger partial charge in [0.05, 0.1) is 39.6 Å². The lowest BCUT2D eigenvalue weighted by Gasteiger charge is -2.13. The fourth-order valence-corrected chi connectivity index (χ4v) is 2.93. The Hall–Kier alpha value is -1.55. The Morgan fingerprint density at radius 3 is 2.13 bits per heavy atom. The Labute approximate surface area is 180 Å². The maximum Gasteiger partial charge on any atom is 0.119 e. The van der Waals surface area contributed by atoms with Crippen LogP contribution in [0.5, 0.6) is 5.75 Å². The van der Waals surface area contributed by atoms with Gasteiger partial charge in [-0.1, -0.05) is 12.1 Å². The minimum Gasteiger partial charge on any atom is -0.491 e. The molecule has 0 aliphatic carbocycles. The first-order valence-electron chi connectivity index (χ1n) is 10.9. The smallest absolute Gasteiger partial charge is 0.119 e. The standard InChI is InChI=1S/C22H38N4O4/c1-27-12-13-28-14-15-29-16-17-30-22-4-2-20(3-5-22)18-21-19-25-9-8-23-6-7-24-10-11-26-21/h2-5,23-25H,6-19H2,1H3. The summed E-state index contributed by atoms with van der Waals surface area (Å²) >= 11 is 0. The molecule has 1 aromatic rings. The monoisotopic (exact) mass is 422 g/mol. The molecule has 0 bridgehead atoms. The Bertz CT molecular complexity index is 569. The number of nitrogens with zero attached hydrogens (tertiary/aromatic N) is 1. The summed E-state index contributed by atoms with van der Waals surface area (Å²) in [5.41, 5.74) is 2.43. The van der Waals surface area contributed by atoms with E-state index in [4.69, 9.17) is 23.9 Å². The second-order valence-corrected chi connectivity index (χ2v) is 7.01. The Morgan fingerprint density at radius 2 is 1.40 bits per heavy atom. The molecule has 3 N–H and O–H groups in total. The summed E-state index contributed by atoms with van der Waals surface area (Å²) in [6.07, 6.45) is 0.854. The number of nitrogens with one attached hydrogen (secondary N) is 3. The average Bonchev–Trinajstić information content (AvgIpc) is 2.75. The Balaban J connectivity index is 1.64. The molecule has 1 aliphatic rings. The summed E-state index contributed by atoms with van der Waals surface area (Å²) in [4.78, 5) is 4.78. The predicted octanol–water partition coefficient (Wildman–Crippen LogP) is 0.511. The van der Waals surface area contributed by atoms with E-state index in [0.29, 0.717) is 39.6 Å². The first kappa shape index (κ1) is 24.7. The quantitative estimate of drug-likeness (QED) is 0.423. The molecule has 30 heavy (non-hydrogen) atoms. The maximum atomic E-state index is 5.75. The van der Waals surface area contributed by atoms with Crippen molar-refractivity contribution in [1.29, 1.82) is 0 Å². The van der Waals surface area contributed by atoms with E-state index in [1.165, 1.54) is 11.3 Å². The minimum atomic E-state index is 0.523. The molecule has 0 amide bonds. The van der Waals surface area contributed by atoms with Crippen LogP contribution in [0.4, 0.5) is 0 Å². The van der Waals surface area contributed by atoms with Crippen LogP contribution in [0, 0.1) is 0 Å². The van der Waals surface area contributed by atoms with Crippen molar-refractivity contribution in [3.63, 3.8) is 0 Å². The van der Waals surface area contributed by atoms with Crippen LogP contribution < -0.4 is 20.7 Å². The molecule has 0 aromatic heterocycles. The summed E-state index contributed by atoms with van der Waals surface area (Å²) in [5.74, 6) is 0.854. The second kappa shape index (κ2) is 17.2. The highest BCUT2D eigenvalue weighted by molar-refractivity contribution is 5.88. The van der Waals surface area contributed by atoms with Gasteiger partial charge in [-0.25, -0.2) is 0 Å². The van der Waals surface area contributed by atoms with Crippen LogP contribution in [0.25, 0.3) is 0 Å². The molecule has 1 aliphatic heterocycles. The minimum absolute atomic E-state index is 0.523. The zero-order valence-corrected chi connectivity index (χ0v) is 18.3. The molecule has 0 unspecified atom stereocenters. The third-order valence-corrected chi connectivity index (χ3v) is 4.54. The molecule has 0 radical (unpaired) electrons. The van der Waals surface area contributed by atoms with Gasteiger partial charge in [0.2, 0.25) is 0 Å². The number of aliphatic imine (C=N–C) groups is 1. The first-order chi connectivity index (χ1) is 14.9. The number of hydrogen-bond donors (Lipinski definition) is 3. The van der Waals surface area contributed by atoms with Gasteiger partial charge in [-0.05, 0) is 17.7 Å². The lowest BCUT2D eigenvalue weighted by atomic mass is 10.1. The lowest BCUT2D eigenvalue weighted by Crippen LogP contribution is -2.36. The van der Waals surface area contributed by atoms with Crippen molar-refractivity contribution in [2.24, 2.45) is 4.99 Å². The van der Waals surface area contributed by atoms with E-state index >= 15 is 0 Å². The third kappa shape index (κ3) is 12.2. The van der Waals surface area contributed by atoms with E-state index in [1.54, 1.807) is 7.11 Å². The second-order valence-electron chi connectivity index (χ2n) is 7.01. The SMILES string of the molecule is COCCOCCOCCOc1ccc(CC2=NCCNCCNCCNC2)cc1. The summed E-state index contributed by atoms with van der Waals surface area (Å²) in [7, 11) is 1.66. The summed E-state index contributed by atoms with van der Waals surface area (Å²) in [6.45, 7) is 9.88. The van der Waals surface area contributed by atoms with Crippen molar-refractivity contribution in [2.75, 3.05) is 92.6 Å². The van der Waals surface area contributed by atoms with Gasteiger partial charge in [0.15, 0.2) is 0 Å². The molecular weight excluding hydrogens is 384 g/mol. The van der Waals surface area contributed by atoms with E-state index in [1.807, 2.05) is 12.1 Å². The van der Waals surface area contributed by atoms with Gasteiger partial charge < -0.3 is 34.9 Å². The van der Waals surface area contributed by atoms with Crippen molar-refractivity contribution in [3.05, 3.63) is 29.8 Å². The third-order valence-electron chi connectivity index (χ3n) is 4.54. The molecular formula is C22H38N4O4. The molecule has 0 atom stereocenters. The van der Waals surface area contributed by atoms with E-state index in [9.17, 15) is 0 Å². The molecule has 8 nitrogen and oxygen atoms in total. The van der Waals surface area contributed by atoms with Gasteiger partial charge in [-0.15, -0.1) is 0 Å². The van der Waals surface area contributed by atoms with Gasteiger partial charge in [0.1, 0.15) is 12.4 Å². The highest BCUT2D eigenvalue weighted by Crippen LogP contribution is 2.13. The number of benzene rings is 1. The van der Waals surface area contributed by atoms with Crippen molar-refractivity contribution in [2.45, 2.75) is 6.42 Å². The molecule has 1 aromatic carbocycles. The van der Waals surface area contributed by atoms with Gasteiger partial charge in [0.25, 0.3) is 0 Å². The molecule has 0 saturated carbocycles. The van der Waals surface area contributed by atoms with Gasteiger partial charge in [0, 0.05) is 58.5 Å². The van der Waals surface area contributed by atoms with Gasteiger partial charge in [-0.3, -0.25) is 4.99 Å². The van der Waals surface area contributed by atoms with Gasteiger partial charge in [-0.2, -0.15) is 0 Å². The zero-order valence-electron chi connectivity index (χ0n) is 18.3. The molecule has 0 saturated heterocycles. The highest BCUT2D eigenvalue weighted by Gasteiger charge is 2.04. The number of methoxy groups -OCH3 is 1. The van der Waals surface area contributed by atoms with Crippen molar-refractivity contribution < 1.29 is 18.9 Å². The normalized spacial score (nSPS) is 16.4. The molecule has 1 heterocycles. The fraction of sp³-hybridized carbons (Fsp3) is 0.682. The summed E-state index contributed by atoms with van der Waals surface area (Å²) in [5, 5.41) is 10.3. The van der Waals surface area contributed by atoms with Crippen LogP contribution in [0.1, 0.15) is 5.56 Å². The van der Waals surface area contributed by atoms with Crippen LogP contribution in [-0.4, -0.2) is 98.3 Å². The van der Waals surface area contributed by atoms with E-state index in [-0.39, 0.29) is 0 Å². The van der Waals surface area contributed by atoms with E-state index < -0.39 is 0 Å². The largest absolute Gasteiger partial charge is 0.491 e. The summed E-state index contributed by atoms with van der Waals surface area (Å²) < 4.78 is 21.5. The number of hydrogen-bond acceptors (Lipinski definition) is 8. The molecule has 170 valence electrons. The molecule has 2 rings (SSSR count). The molecule has 0 fully saturated rings. The van der Waals surface area contributed by atoms with Crippen LogP contribution in [0.2, 0.25) is 0 Å². The topological polar surface area (TPSA) is 85.4 Å².